The fourth-order valence-electron chi connectivity index (χ4n) is 1.99. The predicted octanol–water partition coefficient (Wildman–Crippen LogP) is 2.66. The van der Waals surface area contributed by atoms with Crippen molar-refractivity contribution in [2.45, 2.75) is 58.5 Å². The van der Waals surface area contributed by atoms with E-state index in [4.69, 9.17) is 18.5 Å². The van der Waals surface area contributed by atoms with E-state index in [2.05, 4.69) is 6.92 Å². The van der Waals surface area contributed by atoms with Crippen LogP contribution in [0, 0.1) is 0 Å². The highest BCUT2D eigenvalue weighted by molar-refractivity contribution is 7.47. The highest BCUT2D eigenvalue weighted by Crippen LogP contribution is 2.43. The molecule has 0 aliphatic carbocycles. The van der Waals surface area contributed by atoms with E-state index in [0.717, 1.165) is 19.3 Å². The lowest BCUT2D eigenvalue weighted by molar-refractivity contribution is -0.870. The van der Waals surface area contributed by atoms with Gasteiger partial charge in [-0.3, -0.25) is 18.6 Å². The second kappa shape index (κ2) is 14.1. The minimum absolute atomic E-state index is 0.0317. The Labute approximate surface area is 168 Å². The first kappa shape index (κ1) is 27.0. The Balaban J connectivity index is 4.54. The minimum atomic E-state index is -4.30. The van der Waals surface area contributed by atoms with Crippen molar-refractivity contribution in [3.05, 3.63) is 0 Å². The number of phosphoric ester groups is 1. The Bertz CT molecular complexity index is 506. The molecule has 10 heteroatoms. The van der Waals surface area contributed by atoms with E-state index in [-0.39, 0.29) is 26.1 Å². The summed E-state index contributed by atoms with van der Waals surface area (Å²) in [6.07, 6.45) is 3.13. The molecule has 0 aromatic heterocycles. The number of hydrogen-bond acceptors (Lipinski definition) is 7. The number of hydrogen-bond donors (Lipinski definition) is 1. The molecular weight excluding hydrogens is 389 g/mol. The van der Waals surface area contributed by atoms with Crippen molar-refractivity contribution in [1.82, 2.24) is 0 Å². The molecule has 2 atom stereocenters. The lowest BCUT2D eigenvalue weighted by Crippen LogP contribution is -2.37. The van der Waals surface area contributed by atoms with Gasteiger partial charge in [-0.1, -0.05) is 33.1 Å². The van der Waals surface area contributed by atoms with Crippen LogP contribution in [0.4, 0.5) is 0 Å². The SMILES string of the molecule is CCCCCCC(=O)OC(COC(=O)CC)COP(=O)(O)OCC[N+](C)(C)C. The quantitative estimate of drug-likeness (QED) is 0.174. The molecule has 0 amide bonds. The molecule has 2 unspecified atom stereocenters. The third-order valence-corrected chi connectivity index (χ3v) is 4.68. The molecule has 0 saturated heterocycles. The lowest BCUT2D eigenvalue weighted by Gasteiger charge is -2.24. The summed E-state index contributed by atoms with van der Waals surface area (Å²) < 4.78 is 32.6. The summed E-state index contributed by atoms with van der Waals surface area (Å²) in [6, 6.07) is 0. The maximum Gasteiger partial charge on any atom is 0.472 e. The molecule has 0 heterocycles. The average molecular weight is 426 g/mol. The van der Waals surface area contributed by atoms with Crippen LogP contribution in [0.15, 0.2) is 0 Å². The number of quaternary nitrogens is 1. The van der Waals surface area contributed by atoms with Crippen LogP contribution in [0.3, 0.4) is 0 Å². The number of rotatable bonds is 16. The van der Waals surface area contributed by atoms with Crippen molar-refractivity contribution in [2.24, 2.45) is 0 Å². The Hall–Kier alpha value is -0.990. The molecule has 0 bridgehead atoms. The number of esters is 2. The van der Waals surface area contributed by atoms with Gasteiger partial charge in [0.2, 0.25) is 0 Å². The summed E-state index contributed by atoms with van der Waals surface area (Å²) in [5, 5.41) is 0. The zero-order valence-corrected chi connectivity index (χ0v) is 18.7. The molecule has 0 aromatic carbocycles. The van der Waals surface area contributed by atoms with Gasteiger partial charge in [-0.05, 0) is 6.42 Å². The van der Waals surface area contributed by atoms with Crippen LogP contribution >= 0.6 is 7.82 Å². The molecule has 0 aromatic rings. The summed E-state index contributed by atoms with van der Waals surface area (Å²) in [6.45, 7) is 3.60. The monoisotopic (exact) mass is 426 g/mol. The topological polar surface area (TPSA) is 108 Å². The average Bonchev–Trinajstić information content (AvgIpc) is 2.59. The van der Waals surface area contributed by atoms with E-state index in [9.17, 15) is 19.0 Å². The van der Waals surface area contributed by atoms with Crippen molar-refractivity contribution < 1.29 is 42.1 Å². The maximum atomic E-state index is 12.0. The van der Waals surface area contributed by atoms with E-state index >= 15 is 0 Å². The highest BCUT2D eigenvalue weighted by atomic mass is 31.2. The maximum absolute atomic E-state index is 12.0. The van der Waals surface area contributed by atoms with Crippen molar-refractivity contribution in [3.8, 4) is 0 Å². The van der Waals surface area contributed by atoms with Crippen LogP contribution in [0.5, 0.6) is 0 Å². The number of nitrogens with zero attached hydrogens (tertiary/aromatic N) is 1. The van der Waals surface area contributed by atoms with Crippen molar-refractivity contribution in [3.63, 3.8) is 0 Å². The molecule has 166 valence electrons. The predicted molar refractivity (Wildman–Crippen MR) is 105 cm³/mol. The van der Waals surface area contributed by atoms with Crippen molar-refractivity contribution >= 4 is 19.8 Å². The van der Waals surface area contributed by atoms with Gasteiger partial charge >= 0.3 is 19.8 Å². The molecule has 0 saturated carbocycles. The van der Waals surface area contributed by atoms with E-state index < -0.39 is 32.5 Å². The molecular formula is C18H37NO8P+. The number of unbranched alkanes of at least 4 members (excludes halogenated alkanes) is 3. The van der Waals surface area contributed by atoms with Gasteiger partial charge in [0.05, 0.1) is 27.7 Å². The van der Waals surface area contributed by atoms with Gasteiger partial charge in [-0.2, -0.15) is 0 Å². The lowest BCUT2D eigenvalue weighted by atomic mass is 10.1. The van der Waals surface area contributed by atoms with Crippen molar-refractivity contribution in [1.29, 1.82) is 0 Å². The molecule has 0 fully saturated rings. The first-order valence-electron chi connectivity index (χ1n) is 9.76. The molecule has 0 radical (unpaired) electrons. The van der Waals surface area contributed by atoms with Gasteiger partial charge < -0.3 is 18.9 Å². The van der Waals surface area contributed by atoms with Crippen LogP contribution < -0.4 is 0 Å². The first-order valence-corrected chi connectivity index (χ1v) is 11.3. The smallest absolute Gasteiger partial charge is 0.462 e. The summed E-state index contributed by atoms with van der Waals surface area (Å²) in [5.41, 5.74) is 0. The number of ether oxygens (including phenoxy) is 2. The van der Waals surface area contributed by atoms with Gasteiger partial charge in [0.25, 0.3) is 0 Å². The second-order valence-electron chi connectivity index (χ2n) is 7.57. The van der Waals surface area contributed by atoms with Gasteiger partial charge in [-0.25, -0.2) is 4.57 Å². The van der Waals surface area contributed by atoms with Gasteiger partial charge in [0.1, 0.15) is 19.8 Å². The molecule has 0 aliphatic rings. The van der Waals surface area contributed by atoms with Gasteiger partial charge in [0.15, 0.2) is 6.10 Å². The van der Waals surface area contributed by atoms with Gasteiger partial charge in [-0.15, -0.1) is 0 Å². The van der Waals surface area contributed by atoms with Crippen LogP contribution in [0.25, 0.3) is 0 Å². The second-order valence-corrected chi connectivity index (χ2v) is 9.02. The zero-order chi connectivity index (χ0) is 21.6. The minimum Gasteiger partial charge on any atom is -0.462 e. The van der Waals surface area contributed by atoms with Crippen LogP contribution in [0.2, 0.25) is 0 Å². The Morgan fingerprint density at radius 3 is 2.25 bits per heavy atom. The molecule has 1 N–H and O–H groups in total. The fourth-order valence-corrected chi connectivity index (χ4v) is 2.73. The van der Waals surface area contributed by atoms with E-state index in [1.807, 2.05) is 21.1 Å². The fraction of sp³-hybridized carbons (Fsp3) is 0.889. The van der Waals surface area contributed by atoms with E-state index in [0.29, 0.717) is 17.4 Å². The first-order chi connectivity index (χ1) is 13.0. The normalized spacial score (nSPS) is 14.9. The molecule has 0 aliphatic heterocycles. The molecule has 28 heavy (non-hydrogen) atoms. The highest BCUT2D eigenvalue weighted by Gasteiger charge is 2.26. The van der Waals surface area contributed by atoms with Crippen LogP contribution in [-0.4, -0.2) is 74.9 Å². The summed E-state index contributed by atoms with van der Waals surface area (Å²) in [7, 11) is 1.46. The third kappa shape index (κ3) is 16.0. The molecule has 0 spiro atoms. The zero-order valence-electron chi connectivity index (χ0n) is 17.8. The summed E-state index contributed by atoms with van der Waals surface area (Å²) >= 11 is 0. The number of carbonyl (C=O) groups excluding carboxylic acids is 2. The van der Waals surface area contributed by atoms with Crippen molar-refractivity contribution in [2.75, 3.05) is 47.5 Å². The van der Waals surface area contributed by atoms with Gasteiger partial charge in [0, 0.05) is 12.8 Å². The number of likely N-dealkylation sites (N-methyl/N-ethyl adjacent to an activating group) is 1. The summed E-state index contributed by atoms with van der Waals surface area (Å²) in [5.74, 6) is -0.925. The molecule has 9 nitrogen and oxygen atoms in total. The Kier molecular flexibility index (Phi) is 13.6. The van der Waals surface area contributed by atoms with E-state index in [1.54, 1.807) is 6.92 Å². The van der Waals surface area contributed by atoms with Crippen LogP contribution in [0.1, 0.15) is 52.4 Å². The van der Waals surface area contributed by atoms with Crippen LogP contribution in [-0.2, 0) is 32.7 Å². The standard InChI is InChI=1S/C18H36NO8P/c1-6-8-9-10-11-18(21)27-16(14-24-17(20)7-2)15-26-28(22,23)25-13-12-19(3,4)5/h16H,6-15H2,1-5H3/p+1. The number of phosphoric acid groups is 1. The van der Waals surface area contributed by atoms with E-state index in [1.165, 1.54) is 0 Å². The Morgan fingerprint density at radius 2 is 1.68 bits per heavy atom. The largest absolute Gasteiger partial charge is 0.472 e. The Morgan fingerprint density at radius 1 is 1.00 bits per heavy atom. The third-order valence-electron chi connectivity index (χ3n) is 3.69. The number of carbonyl (C=O) groups is 2. The molecule has 0 rings (SSSR count). The summed E-state index contributed by atoms with van der Waals surface area (Å²) in [4.78, 5) is 33.1.